The van der Waals surface area contributed by atoms with E-state index in [1.54, 1.807) is 29.3 Å². The van der Waals surface area contributed by atoms with Crippen molar-refractivity contribution in [2.75, 3.05) is 0 Å². The molecule has 1 atom stereocenters. The average molecular weight is 430 g/mol. The normalized spacial score (nSPS) is 23.8. The number of thiophene rings is 1. The molecule has 3 nitrogen and oxygen atoms in total. The summed E-state index contributed by atoms with van der Waals surface area (Å²) in [5.41, 5.74) is 7.90. The molecule has 4 rings (SSSR count). The summed E-state index contributed by atoms with van der Waals surface area (Å²) in [5.74, 6) is 6.00. The van der Waals surface area contributed by atoms with Gasteiger partial charge in [-0.1, -0.05) is 48.5 Å². The van der Waals surface area contributed by atoms with E-state index in [4.69, 9.17) is 22.3 Å². The Kier molecular flexibility index (Phi) is 5.48. The van der Waals surface area contributed by atoms with Crippen LogP contribution < -0.4 is 5.73 Å². The zero-order valence-corrected chi connectivity index (χ0v) is 18.6. The molecule has 28 heavy (non-hydrogen) atoms. The third-order valence-corrected chi connectivity index (χ3v) is 8.71. The number of hydrogen-bond acceptors (Lipinski definition) is 5. The van der Waals surface area contributed by atoms with Crippen LogP contribution in [-0.4, -0.2) is 14.9 Å². The fourth-order valence-electron chi connectivity index (χ4n) is 4.46. The van der Waals surface area contributed by atoms with Crippen molar-refractivity contribution in [3.05, 3.63) is 40.0 Å². The maximum Gasteiger partial charge on any atom is 0.155 e. The van der Waals surface area contributed by atoms with E-state index in [2.05, 4.69) is 29.8 Å². The Labute approximate surface area is 180 Å². The van der Waals surface area contributed by atoms with E-state index in [1.165, 1.54) is 32.1 Å². The lowest BCUT2D eigenvalue weighted by Crippen LogP contribution is -2.42. The van der Waals surface area contributed by atoms with Gasteiger partial charge in [0, 0.05) is 33.1 Å². The minimum Gasteiger partial charge on any atom is -0.378 e. The first kappa shape index (κ1) is 19.8. The van der Waals surface area contributed by atoms with Crippen molar-refractivity contribution in [2.24, 2.45) is 10.7 Å². The van der Waals surface area contributed by atoms with Gasteiger partial charge in [0.25, 0.3) is 0 Å². The van der Waals surface area contributed by atoms with Gasteiger partial charge in [-0.15, -0.1) is 17.3 Å². The topological polar surface area (TPSA) is 51.3 Å². The third-order valence-electron chi connectivity index (χ3n) is 5.58. The van der Waals surface area contributed by atoms with Crippen LogP contribution in [0.5, 0.6) is 0 Å². The van der Waals surface area contributed by atoms with E-state index in [-0.39, 0.29) is 10.3 Å². The zero-order chi connectivity index (χ0) is 19.8. The largest absolute Gasteiger partial charge is 0.378 e. The van der Waals surface area contributed by atoms with Crippen LogP contribution in [0.15, 0.2) is 29.5 Å². The lowest BCUT2D eigenvalue weighted by Gasteiger charge is -2.45. The van der Waals surface area contributed by atoms with Gasteiger partial charge >= 0.3 is 0 Å². The summed E-state index contributed by atoms with van der Waals surface area (Å²) in [5, 5.41) is 1.47. The van der Waals surface area contributed by atoms with E-state index in [9.17, 15) is 0 Å². The first-order valence-corrected chi connectivity index (χ1v) is 11.7. The quantitative estimate of drug-likeness (QED) is 0.577. The van der Waals surface area contributed by atoms with Gasteiger partial charge in [-0.25, -0.2) is 0 Å². The van der Waals surface area contributed by atoms with E-state index in [0.29, 0.717) is 5.17 Å². The second kappa shape index (κ2) is 7.74. The standard InChI is InChI=1S/C22H24ClN3S2/c1-3-7-15-10-16(13-25-12-15)18-11-17(23)19(27-18)21(2)14-22(28-20(24)26-21)8-5-4-6-9-22/h10-13H,4-6,8-9,14H2,1-2H3,(H2,24,26). The molecule has 6 heteroatoms. The summed E-state index contributed by atoms with van der Waals surface area (Å²) in [6.45, 7) is 4.02. The fourth-order valence-corrected chi connectivity index (χ4v) is 7.61. The molecule has 0 aromatic carbocycles. The maximum atomic E-state index is 6.74. The van der Waals surface area contributed by atoms with Crippen LogP contribution >= 0.6 is 34.7 Å². The van der Waals surface area contributed by atoms with Crippen molar-refractivity contribution in [3.8, 4) is 22.3 Å². The van der Waals surface area contributed by atoms with Crippen molar-refractivity contribution in [3.63, 3.8) is 0 Å². The Morgan fingerprint density at radius 1 is 1.18 bits per heavy atom. The van der Waals surface area contributed by atoms with Gasteiger partial charge in [0.1, 0.15) is 0 Å². The van der Waals surface area contributed by atoms with Gasteiger partial charge in [-0.05, 0) is 45.2 Å². The summed E-state index contributed by atoms with van der Waals surface area (Å²) in [6.07, 6.45) is 10.9. The maximum absolute atomic E-state index is 6.74. The molecule has 1 spiro atoms. The van der Waals surface area contributed by atoms with E-state index in [0.717, 1.165) is 32.3 Å². The second-order valence-electron chi connectivity index (χ2n) is 7.87. The van der Waals surface area contributed by atoms with Gasteiger partial charge in [0.15, 0.2) is 5.17 Å². The van der Waals surface area contributed by atoms with Gasteiger partial charge < -0.3 is 5.73 Å². The first-order valence-electron chi connectivity index (χ1n) is 9.65. The number of thioether (sulfide) groups is 1. The second-order valence-corrected chi connectivity index (χ2v) is 10.8. The highest BCUT2D eigenvalue weighted by Crippen LogP contribution is 2.54. The molecule has 0 amide bonds. The predicted molar refractivity (Wildman–Crippen MR) is 122 cm³/mol. The molecule has 2 aromatic rings. The lowest BCUT2D eigenvalue weighted by atomic mass is 9.78. The Morgan fingerprint density at radius 3 is 2.71 bits per heavy atom. The van der Waals surface area contributed by atoms with Gasteiger partial charge in [0.2, 0.25) is 0 Å². The number of aliphatic imine (C=N–C) groups is 1. The first-order chi connectivity index (χ1) is 13.4. The van der Waals surface area contributed by atoms with Crippen molar-refractivity contribution in [2.45, 2.75) is 62.7 Å². The number of rotatable bonds is 2. The molecule has 0 saturated heterocycles. The number of hydrogen-bond donors (Lipinski definition) is 1. The van der Waals surface area contributed by atoms with Crippen LogP contribution in [0, 0.1) is 11.8 Å². The molecule has 1 unspecified atom stereocenters. The number of nitrogens with two attached hydrogens (primary N) is 1. The molecule has 2 aromatic heterocycles. The lowest BCUT2D eigenvalue weighted by molar-refractivity contribution is 0.306. The molecule has 2 aliphatic rings. The van der Waals surface area contributed by atoms with Crippen molar-refractivity contribution >= 4 is 39.9 Å². The highest BCUT2D eigenvalue weighted by Gasteiger charge is 2.46. The summed E-state index contributed by atoms with van der Waals surface area (Å²) < 4.78 is 0.199. The molecule has 3 heterocycles. The summed E-state index contributed by atoms with van der Waals surface area (Å²) in [6, 6.07) is 4.10. The molecule has 0 bridgehead atoms. The summed E-state index contributed by atoms with van der Waals surface area (Å²) in [4.78, 5) is 11.4. The number of nitrogens with zero attached hydrogens (tertiary/aromatic N) is 2. The highest BCUT2D eigenvalue weighted by molar-refractivity contribution is 8.15. The van der Waals surface area contributed by atoms with Crippen molar-refractivity contribution in [1.29, 1.82) is 0 Å². The molecule has 2 N–H and O–H groups in total. The molecular formula is C22H24ClN3S2. The molecule has 1 saturated carbocycles. The smallest absolute Gasteiger partial charge is 0.155 e. The monoisotopic (exact) mass is 429 g/mol. The van der Waals surface area contributed by atoms with Crippen LogP contribution in [0.25, 0.3) is 10.4 Å². The Balaban J connectivity index is 1.72. The molecule has 146 valence electrons. The Hall–Kier alpha value is -1.48. The Morgan fingerprint density at radius 2 is 1.96 bits per heavy atom. The molecule has 1 aliphatic carbocycles. The minimum atomic E-state index is -0.374. The number of amidine groups is 1. The zero-order valence-electron chi connectivity index (χ0n) is 16.2. The predicted octanol–water partition coefficient (Wildman–Crippen LogP) is 6.20. The van der Waals surface area contributed by atoms with E-state index in [1.807, 2.05) is 19.2 Å². The van der Waals surface area contributed by atoms with Crippen molar-refractivity contribution in [1.82, 2.24) is 4.98 Å². The summed E-state index contributed by atoms with van der Waals surface area (Å²) in [7, 11) is 0. The Bertz CT molecular complexity index is 979. The van der Waals surface area contributed by atoms with Crippen LogP contribution in [-0.2, 0) is 5.54 Å². The number of halogens is 1. The number of aromatic nitrogens is 1. The summed E-state index contributed by atoms with van der Waals surface area (Å²) >= 11 is 10.2. The molecule has 1 fully saturated rings. The van der Waals surface area contributed by atoms with Crippen LogP contribution in [0.2, 0.25) is 5.02 Å². The third kappa shape index (κ3) is 3.83. The molecule has 0 radical (unpaired) electrons. The fraction of sp³-hybridized carbons (Fsp3) is 0.455. The number of pyridine rings is 1. The minimum absolute atomic E-state index is 0.199. The van der Waals surface area contributed by atoms with Crippen LogP contribution in [0.4, 0.5) is 0 Å². The van der Waals surface area contributed by atoms with Crippen LogP contribution in [0.3, 0.4) is 0 Å². The van der Waals surface area contributed by atoms with Gasteiger partial charge in [-0.3, -0.25) is 9.98 Å². The molecular weight excluding hydrogens is 406 g/mol. The van der Waals surface area contributed by atoms with Gasteiger partial charge in [0.05, 0.1) is 15.4 Å². The van der Waals surface area contributed by atoms with Crippen molar-refractivity contribution < 1.29 is 0 Å². The van der Waals surface area contributed by atoms with E-state index >= 15 is 0 Å². The van der Waals surface area contributed by atoms with Gasteiger partial charge in [-0.2, -0.15) is 0 Å². The highest BCUT2D eigenvalue weighted by atomic mass is 35.5. The average Bonchev–Trinajstić information content (AvgIpc) is 3.05. The SMILES string of the molecule is CC#Cc1cncc(-c2cc(Cl)c(C3(C)CC4(CCCCC4)SC(N)=N3)s2)c1. The van der Waals surface area contributed by atoms with Crippen LogP contribution in [0.1, 0.15) is 62.8 Å². The van der Waals surface area contributed by atoms with E-state index < -0.39 is 0 Å². The molecule has 1 aliphatic heterocycles.